The summed E-state index contributed by atoms with van der Waals surface area (Å²) in [7, 11) is 3.62. The van der Waals surface area contributed by atoms with Crippen LogP contribution in [-0.2, 0) is 4.79 Å². The van der Waals surface area contributed by atoms with Crippen molar-refractivity contribution in [1.82, 2.24) is 4.90 Å². The van der Waals surface area contributed by atoms with E-state index >= 15 is 0 Å². The van der Waals surface area contributed by atoms with Crippen LogP contribution >= 0.6 is 0 Å². The van der Waals surface area contributed by atoms with Gasteiger partial charge in [0.1, 0.15) is 11.4 Å². The van der Waals surface area contributed by atoms with Gasteiger partial charge >= 0.3 is 5.91 Å². The van der Waals surface area contributed by atoms with E-state index in [4.69, 9.17) is 0 Å². The maximum absolute atomic E-state index is 11.4. The first-order valence-corrected chi connectivity index (χ1v) is 4.63. The minimum Gasteiger partial charge on any atom is -0.371 e. The molecule has 0 radical (unpaired) electrons. The Labute approximate surface area is 87.9 Å². The minimum absolute atomic E-state index is 0.279. The standard InChI is InChI=1S/C11H11N3O/c1-14(2)10-9(12-13-11(10)15)8-6-4-3-5-7-8/h3-7H,1-2H3. The highest BCUT2D eigenvalue weighted by molar-refractivity contribution is 6.03. The molecule has 0 saturated heterocycles. The van der Waals surface area contributed by atoms with E-state index in [1.807, 2.05) is 44.4 Å². The number of rotatable bonds is 2. The first-order valence-electron chi connectivity index (χ1n) is 4.63. The molecule has 1 aromatic carbocycles. The molecule has 0 N–H and O–H groups in total. The van der Waals surface area contributed by atoms with Gasteiger partial charge in [0.25, 0.3) is 0 Å². The quantitative estimate of drug-likeness (QED) is 0.733. The number of amides is 1. The molecule has 1 aliphatic rings. The van der Waals surface area contributed by atoms with E-state index in [9.17, 15) is 4.79 Å². The highest BCUT2D eigenvalue weighted by Crippen LogP contribution is 2.27. The van der Waals surface area contributed by atoms with Crippen LogP contribution in [0.2, 0.25) is 0 Å². The average Bonchev–Trinajstić information content (AvgIpc) is 2.61. The fourth-order valence-corrected chi connectivity index (χ4v) is 1.48. The van der Waals surface area contributed by atoms with E-state index in [2.05, 4.69) is 10.2 Å². The van der Waals surface area contributed by atoms with Gasteiger partial charge in [0.2, 0.25) is 0 Å². The van der Waals surface area contributed by atoms with Gasteiger partial charge in [0.15, 0.2) is 0 Å². The first kappa shape index (κ1) is 9.58. The van der Waals surface area contributed by atoms with Crippen LogP contribution in [-0.4, -0.2) is 24.9 Å². The highest BCUT2D eigenvalue weighted by atomic mass is 16.2. The lowest BCUT2D eigenvalue weighted by atomic mass is 10.1. The lowest BCUT2D eigenvalue weighted by Gasteiger charge is -2.12. The third-order valence-corrected chi connectivity index (χ3v) is 2.16. The fourth-order valence-electron chi connectivity index (χ4n) is 1.48. The molecule has 0 spiro atoms. The molecule has 1 aliphatic heterocycles. The monoisotopic (exact) mass is 201 g/mol. The second-order valence-electron chi connectivity index (χ2n) is 3.46. The Balaban J connectivity index is 2.52. The Morgan fingerprint density at radius 2 is 1.73 bits per heavy atom. The Hall–Kier alpha value is -1.97. The van der Waals surface area contributed by atoms with Crippen molar-refractivity contribution < 1.29 is 4.79 Å². The van der Waals surface area contributed by atoms with Crippen LogP contribution in [0.5, 0.6) is 0 Å². The number of carbonyl (C=O) groups excluding carboxylic acids is 1. The van der Waals surface area contributed by atoms with Crippen molar-refractivity contribution >= 4 is 11.6 Å². The third-order valence-electron chi connectivity index (χ3n) is 2.16. The number of carbonyl (C=O) groups is 1. The lowest BCUT2D eigenvalue weighted by Crippen LogP contribution is -2.16. The van der Waals surface area contributed by atoms with Crippen LogP contribution in [0.15, 0.2) is 46.3 Å². The SMILES string of the molecule is CN(C)C1=C(c2ccccc2)N=NC1=O. The fraction of sp³-hybridized carbons (Fsp3) is 0.182. The van der Waals surface area contributed by atoms with E-state index in [-0.39, 0.29) is 5.91 Å². The molecule has 0 fully saturated rings. The van der Waals surface area contributed by atoms with Crippen LogP contribution < -0.4 is 0 Å². The molecule has 1 amide bonds. The van der Waals surface area contributed by atoms with Crippen molar-refractivity contribution in [3.05, 3.63) is 41.6 Å². The number of nitrogens with zero attached hydrogens (tertiary/aromatic N) is 3. The van der Waals surface area contributed by atoms with Crippen molar-refractivity contribution in [2.75, 3.05) is 14.1 Å². The molecule has 76 valence electrons. The Morgan fingerprint density at radius 1 is 1.07 bits per heavy atom. The zero-order chi connectivity index (χ0) is 10.8. The molecule has 4 heteroatoms. The molecular weight excluding hydrogens is 190 g/mol. The highest BCUT2D eigenvalue weighted by Gasteiger charge is 2.23. The smallest absolute Gasteiger partial charge is 0.313 e. The Kier molecular flexibility index (Phi) is 2.33. The summed E-state index contributed by atoms with van der Waals surface area (Å²) in [6.07, 6.45) is 0. The van der Waals surface area contributed by atoms with Gasteiger partial charge in [-0.05, 0) is 0 Å². The van der Waals surface area contributed by atoms with Crippen molar-refractivity contribution in [1.29, 1.82) is 0 Å². The predicted molar refractivity (Wildman–Crippen MR) is 56.9 cm³/mol. The third kappa shape index (κ3) is 1.66. The first-order chi connectivity index (χ1) is 7.20. The predicted octanol–water partition coefficient (Wildman–Crippen LogP) is 1.91. The van der Waals surface area contributed by atoms with Crippen molar-refractivity contribution in [2.45, 2.75) is 0 Å². The molecular formula is C11H11N3O. The van der Waals surface area contributed by atoms with E-state index in [0.29, 0.717) is 11.4 Å². The summed E-state index contributed by atoms with van der Waals surface area (Å²) >= 11 is 0. The molecule has 15 heavy (non-hydrogen) atoms. The number of benzene rings is 1. The molecule has 2 rings (SSSR count). The summed E-state index contributed by atoms with van der Waals surface area (Å²) in [6, 6.07) is 9.57. The van der Waals surface area contributed by atoms with Gasteiger partial charge in [-0.2, -0.15) is 0 Å². The van der Waals surface area contributed by atoms with E-state index < -0.39 is 0 Å². The summed E-state index contributed by atoms with van der Waals surface area (Å²) in [6.45, 7) is 0. The lowest BCUT2D eigenvalue weighted by molar-refractivity contribution is -0.115. The summed E-state index contributed by atoms with van der Waals surface area (Å²) < 4.78 is 0. The molecule has 0 bridgehead atoms. The van der Waals surface area contributed by atoms with Crippen LogP contribution in [0.25, 0.3) is 5.70 Å². The van der Waals surface area contributed by atoms with Crippen molar-refractivity contribution in [3.8, 4) is 0 Å². The molecule has 0 aliphatic carbocycles. The topological polar surface area (TPSA) is 45.0 Å². The van der Waals surface area contributed by atoms with Crippen LogP contribution in [0.4, 0.5) is 0 Å². The Morgan fingerprint density at radius 3 is 2.33 bits per heavy atom. The summed E-state index contributed by atoms with van der Waals surface area (Å²) in [5.41, 5.74) is 2.10. The van der Waals surface area contributed by atoms with E-state index in [1.54, 1.807) is 4.90 Å². The van der Waals surface area contributed by atoms with Gasteiger partial charge in [-0.15, -0.1) is 10.2 Å². The van der Waals surface area contributed by atoms with Gasteiger partial charge < -0.3 is 4.90 Å². The molecule has 1 aromatic rings. The van der Waals surface area contributed by atoms with Gasteiger partial charge in [0.05, 0.1) is 0 Å². The maximum Gasteiger partial charge on any atom is 0.313 e. The second-order valence-corrected chi connectivity index (χ2v) is 3.46. The summed E-state index contributed by atoms with van der Waals surface area (Å²) in [5, 5.41) is 7.47. The number of azo groups is 1. The molecule has 0 saturated carbocycles. The second kappa shape index (κ2) is 3.65. The number of hydrogen-bond donors (Lipinski definition) is 0. The normalized spacial score (nSPS) is 14.9. The largest absolute Gasteiger partial charge is 0.371 e. The van der Waals surface area contributed by atoms with Gasteiger partial charge in [0, 0.05) is 19.7 Å². The van der Waals surface area contributed by atoms with Crippen molar-refractivity contribution in [2.24, 2.45) is 10.2 Å². The van der Waals surface area contributed by atoms with Gasteiger partial charge in [-0.25, -0.2) is 0 Å². The Bertz CT molecular complexity index is 446. The average molecular weight is 201 g/mol. The molecule has 0 unspecified atom stereocenters. The van der Waals surface area contributed by atoms with E-state index in [1.165, 1.54) is 0 Å². The maximum atomic E-state index is 11.4. The van der Waals surface area contributed by atoms with E-state index in [0.717, 1.165) is 5.56 Å². The molecule has 0 aromatic heterocycles. The minimum atomic E-state index is -0.279. The number of hydrogen-bond acceptors (Lipinski definition) is 3. The number of likely N-dealkylation sites (N-methyl/N-ethyl adjacent to an activating group) is 1. The van der Waals surface area contributed by atoms with Gasteiger partial charge in [-0.3, -0.25) is 4.79 Å². The van der Waals surface area contributed by atoms with Crippen LogP contribution in [0, 0.1) is 0 Å². The molecule has 0 atom stereocenters. The van der Waals surface area contributed by atoms with Gasteiger partial charge in [-0.1, -0.05) is 30.3 Å². The summed E-state index contributed by atoms with van der Waals surface area (Å²) in [5.74, 6) is -0.279. The van der Waals surface area contributed by atoms with Crippen LogP contribution in [0.3, 0.4) is 0 Å². The molecule has 1 heterocycles. The summed E-state index contributed by atoms with van der Waals surface area (Å²) in [4.78, 5) is 13.2. The zero-order valence-electron chi connectivity index (χ0n) is 8.64. The van der Waals surface area contributed by atoms with Crippen LogP contribution in [0.1, 0.15) is 5.56 Å². The van der Waals surface area contributed by atoms with Crippen molar-refractivity contribution in [3.63, 3.8) is 0 Å². The zero-order valence-corrected chi connectivity index (χ0v) is 8.64. The molecule has 4 nitrogen and oxygen atoms in total.